The lowest BCUT2D eigenvalue weighted by Gasteiger charge is -2.27. The van der Waals surface area contributed by atoms with Crippen molar-refractivity contribution in [2.75, 3.05) is 6.54 Å². The molecule has 2 N–H and O–H groups in total. The van der Waals surface area contributed by atoms with Gasteiger partial charge in [-0.1, -0.05) is 6.07 Å². The number of carbonyl (C=O) groups excluding carboxylic acids is 1. The second kappa shape index (κ2) is 4.83. The van der Waals surface area contributed by atoms with Gasteiger partial charge in [-0.05, 0) is 42.3 Å². The van der Waals surface area contributed by atoms with E-state index >= 15 is 0 Å². The van der Waals surface area contributed by atoms with E-state index in [0.717, 1.165) is 17.7 Å². The van der Waals surface area contributed by atoms with Crippen molar-refractivity contribution >= 4 is 17.2 Å². The minimum Gasteiger partial charge on any atom is -0.459 e. The molecule has 19 heavy (non-hydrogen) atoms. The van der Waals surface area contributed by atoms with Gasteiger partial charge in [-0.3, -0.25) is 4.79 Å². The van der Waals surface area contributed by atoms with Crippen LogP contribution in [0.25, 0.3) is 0 Å². The van der Waals surface area contributed by atoms with Gasteiger partial charge < -0.3 is 14.8 Å². The Labute approximate surface area is 115 Å². The molecular weight excluding hydrogens is 262 g/mol. The minimum atomic E-state index is -0.948. The van der Waals surface area contributed by atoms with E-state index in [4.69, 9.17) is 4.42 Å². The molecule has 0 unspecified atom stereocenters. The predicted octanol–water partition coefficient (Wildman–Crippen LogP) is 2.37. The van der Waals surface area contributed by atoms with Crippen LogP contribution in [0.1, 0.15) is 28.3 Å². The molecule has 2 aromatic heterocycles. The standard InChI is InChI=1S/C14H15NO3S/c16-13(11-3-1-7-18-11)15-9-14(17,10-5-6-10)12-4-2-8-19-12/h1-4,7-8,10,17H,5-6,9H2,(H,15,16)/t14-/m1/s1. The molecule has 5 heteroatoms. The van der Waals surface area contributed by atoms with Gasteiger partial charge in [-0.2, -0.15) is 0 Å². The summed E-state index contributed by atoms with van der Waals surface area (Å²) in [6.07, 6.45) is 3.47. The highest BCUT2D eigenvalue weighted by Crippen LogP contribution is 2.46. The molecule has 0 radical (unpaired) electrons. The average Bonchev–Trinajstić information content (AvgIpc) is 2.95. The van der Waals surface area contributed by atoms with Gasteiger partial charge in [0.1, 0.15) is 5.60 Å². The lowest BCUT2D eigenvalue weighted by atomic mass is 9.95. The number of hydrogen-bond acceptors (Lipinski definition) is 4. The maximum absolute atomic E-state index is 11.9. The number of rotatable bonds is 5. The SMILES string of the molecule is O=C(NC[C@](O)(c1cccs1)C1CC1)c1ccco1. The van der Waals surface area contributed by atoms with Crippen LogP contribution in [-0.4, -0.2) is 17.6 Å². The fraction of sp³-hybridized carbons (Fsp3) is 0.357. The quantitative estimate of drug-likeness (QED) is 0.882. The Morgan fingerprint density at radius 3 is 2.89 bits per heavy atom. The van der Waals surface area contributed by atoms with Crippen LogP contribution in [-0.2, 0) is 5.60 Å². The van der Waals surface area contributed by atoms with E-state index in [1.54, 1.807) is 12.1 Å². The first-order valence-electron chi connectivity index (χ1n) is 6.28. The second-order valence-corrected chi connectivity index (χ2v) is 5.78. The van der Waals surface area contributed by atoms with E-state index in [1.807, 2.05) is 17.5 Å². The Hall–Kier alpha value is -1.59. The highest BCUT2D eigenvalue weighted by Gasteiger charge is 2.46. The van der Waals surface area contributed by atoms with Gasteiger partial charge >= 0.3 is 0 Å². The van der Waals surface area contributed by atoms with Gasteiger partial charge in [0.25, 0.3) is 5.91 Å². The van der Waals surface area contributed by atoms with Crippen molar-refractivity contribution in [3.63, 3.8) is 0 Å². The molecule has 1 amide bonds. The third kappa shape index (κ3) is 2.43. The van der Waals surface area contributed by atoms with E-state index < -0.39 is 5.60 Å². The third-order valence-electron chi connectivity index (χ3n) is 3.46. The van der Waals surface area contributed by atoms with Gasteiger partial charge in [0.15, 0.2) is 5.76 Å². The van der Waals surface area contributed by atoms with Crippen LogP contribution in [0.2, 0.25) is 0 Å². The number of hydrogen-bond donors (Lipinski definition) is 2. The van der Waals surface area contributed by atoms with Gasteiger partial charge in [-0.25, -0.2) is 0 Å². The average molecular weight is 277 g/mol. The van der Waals surface area contributed by atoms with Crippen LogP contribution in [0.3, 0.4) is 0 Å². The van der Waals surface area contributed by atoms with Crippen molar-refractivity contribution in [3.8, 4) is 0 Å². The fourth-order valence-corrected chi connectivity index (χ4v) is 3.13. The van der Waals surface area contributed by atoms with Crippen molar-refractivity contribution in [3.05, 3.63) is 46.5 Å². The van der Waals surface area contributed by atoms with Crippen molar-refractivity contribution in [1.82, 2.24) is 5.32 Å². The molecular formula is C14H15NO3S. The number of carbonyl (C=O) groups is 1. The number of nitrogens with one attached hydrogen (secondary N) is 1. The molecule has 1 fully saturated rings. The topological polar surface area (TPSA) is 62.5 Å². The van der Waals surface area contributed by atoms with Gasteiger partial charge in [-0.15, -0.1) is 11.3 Å². The molecule has 0 spiro atoms. The highest BCUT2D eigenvalue weighted by atomic mass is 32.1. The molecule has 0 saturated heterocycles. The summed E-state index contributed by atoms with van der Waals surface area (Å²) in [5, 5.41) is 15.5. The Bertz CT molecular complexity index is 545. The first kappa shape index (κ1) is 12.4. The monoisotopic (exact) mass is 277 g/mol. The van der Waals surface area contributed by atoms with Crippen molar-refractivity contribution in [2.45, 2.75) is 18.4 Å². The summed E-state index contributed by atoms with van der Waals surface area (Å²) >= 11 is 1.52. The Morgan fingerprint density at radius 1 is 1.47 bits per heavy atom. The first-order chi connectivity index (χ1) is 9.20. The van der Waals surface area contributed by atoms with Crippen LogP contribution in [0.15, 0.2) is 40.3 Å². The molecule has 1 atom stereocenters. The molecule has 2 aromatic rings. The van der Waals surface area contributed by atoms with Gasteiger partial charge in [0.05, 0.1) is 12.8 Å². The number of furan rings is 1. The summed E-state index contributed by atoms with van der Waals surface area (Å²) in [4.78, 5) is 12.8. The highest BCUT2D eigenvalue weighted by molar-refractivity contribution is 7.10. The van der Waals surface area contributed by atoms with Gasteiger partial charge in [0.2, 0.25) is 0 Å². The Morgan fingerprint density at radius 2 is 2.32 bits per heavy atom. The maximum Gasteiger partial charge on any atom is 0.287 e. The van der Waals surface area contributed by atoms with Crippen LogP contribution in [0, 0.1) is 5.92 Å². The summed E-state index contributed by atoms with van der Waals surface area (Å²) in [7, 11) is 0. The minimum absolute atomic E-state index is 0.220. The van der Waals surface area contributed by atoms with Crippen LogP contribution in [0.5, 0.6) is 0 Å². The normalized spacial score (nSPS) is 17.9. The van der Waals surface area contributed by atoms with E-state index in [1.165, 1.54) is 17.6 Å². The number of amides is 1. The molecule has 0 bridgehead atoms. The smallest absolute Gasteiger partial charge is 0.287 e. The molecule has 0 aliphatic heterocycles. The fourth-order valence-electron chi connectivity index (χ4n) is 2.23. The molecule has 1 aliphatic carbocycles. The van der Waals surface area contributed by atoms with Crippen molar-refractivity contribution in [1.29, 1.82) is 0 Å². The first-order valence-corrected chi connectivity index (χ1v) is 7.16. The zero-order valence-electron chi connectivity index (χ0n) is 10.3. The van der Waals surface area contributed by atoms with E-state index in [2.05, 4.69) is 5.32 Å². The molecule has 4 nitrogen and oxygen atoms in total. The zero-order valence-corrected chi connectivity index (χ0v) is 11.2. The predicted molar refractivity (Wildman–Crippen MR) is 72.0 cm³/mol. The summed E-state index contributed by atoms with van der Waals surface area (Å²) in [6, 6.07) is 7.11. The largest absolute Gasteiger partial charge is 0.459 e. The lowest BCUT2D eigenvalue weighted by molar-refractivity contribution is 0.0166. The van der Waals surface area contributed by atoms with Crippen molar-refractivity contribution < 1.29 is 14.3 Å². The third-order valence-corrected chi connectivity index (χ3v) is 4.50. The Balaban J connectivity index is 1.71. The van der Waals surface area contributed by atoms with Gasteiger partial charge in [0, 0.05) is 4.88 Å². The van der Waals surface area contributed by atoms with E-state index in [9.17, 15) is 9.90 Å². The van der Waals surface area contributed by atoms with Crippen molar-refractivity contribution in [2.24, 2.45) is 5.92 Å². The summed E-state index contributed by atoms with van der Waals surface area (Å²) in [5.41, 5.74) is -0.948. The van der Waals surface area contributed by atoms with E-state index in [0.29, 0.717) is 0 Å². The lowest BCUT2D eigenvalue weighted by Crippen LogP contribution is -2.41. The summed E-state index contributed by atoms with van der Waals surface area (Å²) < 4.78 is 5.04. The number of thiophene rings is 1. The molecule has 1 saturated carbocycles. The second-order valence-electron chi connectivity index (χ2n) is 4.84. The zero-order chi connectivity index (χ0) is 13.3. The van der Waals surface area contributed by atoms with E-state index in [-0.39, 0.29) is 24.1 Å². The van der Waals surface area contributed by atoms with Crippen LogP contribution < -0.4 is 5.32 Å². The molecule has 100 valence electrons. The molecule has 1 aliphatic rings. The molecule has 3 rings (SSSR count). The number of aliphatic hydroxyl groups is 1. The maximum atomic E-state index is 11.9. The van der Waals surface area contributed by atoms with Crippen LogP contribution >= 0.6 is 11.3 Å². The molecule has 2 heterocycles. The Kier molecular flexibility index (Phi) is 3.16. The molecule has 0 aromatic carbocycles. The summed E-state index contributed by atoms with van der Waals surface area (Å²) in [5.74, 6) is 0.216. The summed E-state index contributed by atoms with van der Waals surface area (Å²) in [6.45, 7) is 0.220. The van der Waals surface area contributed by atoms with Crippen LogP contribution in [0.4, 0.5) is 0 Å².